The molecule has 3 N–H and O–H groups in total. The summed E-state index contributed by atoms with van der Waals surface area (Å²) in [6, 6.07) is 4.20. The molecule has 0 spiro atoms. The monoisotopic (exact) mass is 283 g/mol. The highest BCUT2D eigenvalue weighted by Crippen LogP contribution is 2.25. The van der Waals surface area contributed by atoms with Crippen LogP contribution in [0.5, 0.6) is 5.75 Å². The van der Waals surface area contributed by atoms with Gasteiger partial charge in [-0.05, 0) is 18.2 Å². The van der Waals surface area contributed by atoms with Gasteiger partial charge in [0.1, 0.15) is 12.1 Å². The van der Waals surface area contributed by atoms with Crippen LogP contribution in [0.2, 0.25) is 0 Å². The Labute approximate surface area is 110 Å². The molecule has 0 radical (unpaired) electrons. The summed E-state index contributed by atoms with van der Waals surface area (Å²) in [6.45, 7) is 0. The summed E-state index contributed by atoms with van der Waals surface area (Å²) < 4.78 is 32.8. The lowest BCUT2D eigenvalue weighted by Gasteiger charge is -2.09. The lowest BCUT2D eigenvalue weighted by molar-refractivity contribution is 0.416. The molecule has 0 amide bonds. The first-order chi connectivity index (χ1) is 8.94. The predicted molar refractivity (Wildman–Crippen MR) is 69.2 cm³/mol. The number of hydrogen-bond acceptors (Lipinski definition) is 6. The third-order valence-electron chi connectivity index (χ3n) is 2.45. The normalized spacial score (nSPS) is 11.3. The van der Waals surface area contributed by atoms with E-state index in [-0.39, 0.29) is 16.5 Å². The Kier molecular flexibility index (Phi) is 3.30. The Morgan fingerprint density at radius 2 is 2.16 bits per heavy atom. The van der Waals surface area contributed by atoms with Crippen molar-refractivity contribution in [2.24, 2.45) is 7.05 Å². The molecule has 0 aliphatic carbocycles. The quantitative estimate of drug-likeness (QED) is 0.775. The Morgan fingerprint density at radius 3 is 2.68 bits per heavy atom. The molecule has 0 fully saturated rings. The number of sulfonamides is 1. The van der Waals surface area contributed by atoms with Gasteiger partial charge in [0, 0.05) is 7.05 Å². The average Bonchev–Trinajstić information content (AvgIpc) is 2.74. The second-order valence-electron chi connectivity index (χ2n) is 3.72. The van der Waals surface area contributed by atoms with Gasteiger partial charge in [0.25, 0.3) is 10.0 Å². The van der Waals surface area contributed by atoms with Crippen LogP contribution < -0.4 is 15.2 Å². The topological polar surface area (TPSA) is 112 Å². The summed E-state index contributed by atoms with van der Waals surface area (Å²) in [5.74, 6) is 0.534. The van der Waals surface area contributed by atoms with E-state index in [2.05, 4.69) is 14.8 Å². The first-order valence-corrected chi connectivity index (χ1v) is 6.72. The molecule has 8 nitrogen and oxygen atoms in total. The number of aromatic nitrogens is 3. The van der Waals surface area contributed by atoms with E-state index in [1.807, 2.05) is 0 Å². The van der Waals surface area contributed by atoms with Gasteiger partial charge < -0.3 is 10.5 Å². The van der Waals surface area contributed by atoms with Crippen molar-refractivity contribution in [1.82, 2.24) is 14.8 Å². The zero-order valence-electron chi connectivity index (χ0n) is 10.4. The molecule has 1 aromatic carbocycles. The van der Waals surface area contributed by atoms with Gasteiger partial charge in [-0.2, -0.15) is 10.1 Å². The molecule has 1 heterocycles. The second-order valence-corrected chi connectivity index (χ2v) is 5.40. The summed E-state index contributed by atoms with van der Waals surface area (Å²) in [6.07, 6.45) is 1.25. The number of nitrogens with zero attached hydrogens (tertiary/aromatic N) is 3. The maximum Gasteiger partial charge on any atom is 0.264 e. The zero-order valence-corrected chi connectivity index (χ0v) is 11.2. The summed E-state index contributed by atoms with van der Waals surface area (Å²) in [7, 11) is -0.729. The molecule has 9 heteroatoms. The molecule has 19 heavy (non-hydrogen) atoms. The van der Waals surface area contributed by atoms with Gasteiger partial charge in [0.05, 0.1) is 17.7 Å². The molecule has 0 aliphatic heterocycles. The first-order valence-electron chi connectivity index (χ1n) is 5.24. The van der Waals surface area contributed by atoms with Crippen molar-refractivity contribution in [3.05, 3.63) is 24.5 Å². The van der Waals surface area contributed by atoms with E-state index in [1.54, 1.807) is 7.05 Å². The van der Waals surface area contributed by atoms with Crippen molar-refractivity contribution in [2.45, 2.75) is 4.90 Å². The Balaban J connectivity index is 2.35. The summed E-state index contributed by atoms with van der Waals surface area (Å²) in [5.41, 5.74) is 5.92. The fraction of sp³-hybridized carbons (Fsp3) is 0.200. The van der Waals surface area contributed by atoms with Crippen molar-refractivity contribution in [1.29, 1.82) is 0 Å². The molecule has 0 saturated carbocycles. The van der Waals surface area contributed by atoms with E-state index in [4.69, 9.17) is 10.5 Å². The molecule has 2 rings (SSSR count). The lowest BCUT2D eigenvalue weighted by atomic mass is 10.3. The minimum atomic E-state index is -3.76. The summed E-state index contributed by atoms with van der Waals surface area (Å²) in [4.78, 5) is 3.81. The SMILES string of the molecule is COc1ccc(S(=O)(=O)Nc2ncnn2C)cc1N. The van der Waals surface area contributed by atoms with Gasteiger partial charge in [-0.1, -0.05) is 0 Å². The molecule has 0 atom stereocenters. The fourth-order valence-electron chi connectivity index (χ4n) is 1.45. The summed E-state index contributed by atoms with van der Waals surface area (Å²) >= 11 is 0. The number of nitrogens with two attached hydrogens (primary N) is 1. The van der Waals surface area contributed by atoms with Crippen LogP contribution in [0.4, 0.5) is 11.6 Å². The Hall–Kier alpha value is -2.29. The van der Waals surface area contributed by atoms with E-state index in [0.29, 0.717) is 5.75 Å². The first kappa shape index (κ1) is 13.1. The van der Waals surface area contributed by atoms with E-state index in [0.717, 1.165) is 0 Å². The van der Waals surface area contributed by atoms with E-state index in [1.165, 1.54) is 36.3 Å². The maximum absolute atomic E-state index is 12.1. The average molecular weight is 283 g/mol. The number of methoxy groups -OCH3 is 1. The standard InChI is InChI=1S/C10H13N5O3S/c1-15-10(12-6-13-15)14-19(16,17)7-3-4-9(18-2)8(11)5-7/h3-6H,11H2,1-2H3,(H,12,13,14). The van der Waals surface area contributed by atoms with E-state index >= 15 is 0 Å². The number of hydrogen-bond donors (Lipinski definition) is 2. The molecule has 0 unspecified atom stereocenters. The van der Waals surface area contributed by atoms with Crippen LogP contribution in [0.3, 0.4) is 0 Å². The number of aryl methyl sites for hydroxylation is 1. The minimum Gasteiger partial charge on any atom is -0.495 e. The highest BCUT2D eigenvalue weighted by atomic mass is 32.2. The lowest BCUT2D eigenvalue weighted by Crippen LogP contribution is -2.16. The van der Waals surface area contributed by atoms with Crippen LogP contribution in [0, 0.1) is 0 Å². The zero-order chi connectivity index (χ0) is 14.0. The van der Waals surface area contributed by atoms with Gasteiger partial charge in [-0.3, -0.25) is 0 Å². The number of nitrogens with one attached hydrogen (secondary N) is 1. The van der Waals surface area contributed by atoms with Crippen molar-refractivity contribution in [2.75, 3.05) is 17.6 Å². The van der Waals surface area contributed by atoms with Crippen molar-refractivity contribution in [3.8, 4) is 5.75 Å². The molecule has 0 bridgehead atoms. The van der Waals surface area contributed by atoms with Crippen molar-refractivity contribution < 1.29 is 13.2 Å². The maximum atomic E-state index is 12.1. The van der Waals surface area contributed by atoms with Gasteiger partial charge in [0.15, 0.2) is 0 Å². The molecule has 0 aliphatic rings. The molecule has 2 aromatic rings. The molecule has 102 valence electrons. The number of benzene rings is 1. The summed E-state index contributed by atoms with van der Waals surface area (Å²) in [5, 5.41) is 3.77. The van der Waals surface area contributed by atoms with Gasteiger partial charge >= 0.3 is 0 Å². The predicted octanol–water partition coefficient (Wildman–Crippen LogP) is 0.207. The highest BCUT2D eigenvalue weighted by Gasteiger charge is 2.18. The van der Waals surface area contributed by atoms with Crippen LogP contribution in [0.15, 0.2) is 29.4 Å². The number of ether oxygens (including phenoxy) is 1. The molecule has 1 aromatic heterocycles. The fourth-order valence-corrected chi connectivity index (χ4v) is 2.52. The third kappa shape index (κ3) is 2.60. The van der Waals surface area contributed by atoms with Gasteiger partial charge in [-0.25, -0.2) is 17.8 Å². The van der Waals surface area contributed by atoms with Crippen LogP contribution in [0.1, 0.15) is 0 Å². The van der Waals surface area contributed by atoms with Crippen molar-refractivity contribution in [3.63, 3.8) is 0 Å². The molecular formula is C10H13N5O3S. The van der Waals surface area contributed by atoms with Crippen LogP contribution >= 0.6 is 0 Å². The van der Waals surface area contributed by atoms with Crippen LogP contribution in [-0.2, 0) is 17.1 Å². The van der Waals surface area contributed by atoms with Crippen LogP contribution in [-0.4, -0.2) is 30.3 Å². The Bertz CT molecular complexity index is 695. The van der Waals surface area contributed by atoms with Crippen molar-refractivity contribution >= 4 is 21.7 Å². The van der Waals surface area contributed by atoms with E-state index in [9.17, 15) is 8.42 Å². The van der Waals surface area contributed by atoms with E-state index < -0.39 is 10.0 Å². The third-order valence-corrected chi connectivity index (χ3v) is 3.77. The van der Waals surface area contributed by atoms with Gasteiger partial charge in [0.2, 0.25) is 5.95 Å². The Morgan fingerprint density at radius 1 is 1.42 bits per heavy atom. The number of anilines is 2. The number of rotatable bonds is 4. The molecular weight excluding hydrogens is 270 g/mol. The van der Waals surface area contributed by atoms with Gasteiger partial charge in [-0.15, -0.1) is 0 Å². The second kappa shape index (κ2) is 4.76. The largest absolute Gasteiger partial charge is 0.495 e. The highest BCUT2D eigenvalue weighted by molar-refractivity contribution is 7.92. The minimum absolute atomic E-state index is 0.0220. The number of nitrogen functional groups attached to an aromatic ring is 1. The van der Waals surface area contributed by atoms with Crippen LogP contribution in [0.25, 0.3) is 0 Å². The smallest absolute Gasteiger partial charge is 0.264 e. The molecule has 0 saturated heterocycles.